The van der Waals surface area contributed by atoms with E-state index in [0.29, 0.717) is 16.6 Å². The number of carbonyl (C=O) groups is 1. The van der Waals surface area contributed by atoms with Crippen molar-refractivity contribution in [2.75, 3.05) is 0 Å². The number of nitrogens with zero attached hydrogens (tertiary/aromatic N) is 2. The Labute approximate surface area is 159 Å². The van der Waals surface area contributed by atoms with E-state index in [1.807, 2.05) is 0 Å². The van der Waals surface area contributed by atoms with E-state index in [9.17, 15) is 18.4 Å². The van der Waals surface area contributed by atoms with E-state index < -0.39 is 12.2 Å². The van der Waals surface area contributed by atoms with Crippen molar-refractivity contribution < 1.29 is 18.3 Å². The number of para-hydroxylation sites is 2. The van der Waals surface area contributed by atoms with Gasteiger partial charge in [-0.3, -0.25) is 14.2 Å². The molecular formula is C20H19F2N3O3. The normalized spacial score (nSPS) is 11.6. The van der Waals surface area contributed by atoms with Gasteiger partial charge in [0.15, 0.2) is 0 Å². The number of nitrogens with one attached hydrogen (secondary N) is 1. The second-order valence-electron chi connectivity index (χ2n) is 6.75. The molecule has 0 fully saturated rings. The summed E-state index contributed by atoms with van der Waals surface area (Å²) in [4.78, 5) is 28.8. The van der Waals surface area contributed by atoms with Gasteiger partial charge in [-0.05, 0) is 43.7 Å². The average molecular weight is 387 g/mol. The van der Waals surface area contributed by atoms with Crippen LogP contribution in [0.25, 0.3) is 11.0 Å². The summed E-state index contributed by atoms with van der Waals surface area (Å²) in [6.45, 7) is 0.493. The fourth-order valence-electron chi connectivity index (χ4n) is 2.93. The third-order valence-corrected chi connectivity index (χ3v) is 4.31. The standard InChI is InChI=1S/C20H19F2N3O3/c1-20(2,13-7-9-14(10-8-13)28-19(21)22)24-17(26)12-25-16-6-4-3-5-15(16)23-11-18(25)27/h3-11,19H,12H2,1-2H3,(H,24,26). The Bertz CT molecular complexity index is 1050. The molecule has 0 atom stereocenters. The zero-order chi connectivity index (χ0) is 20.3. The third-order valence-electron chi connectivity index (χ3n) is 4.31. The van der Waals surface area contributed by atoms with Gasteiger partial charge in [-0.25, -0.2) is 4.98 Å². The maximum absolute atomic E-state index is 12.6. The van der Waals surface area contributed by atoms with Crippen LogP contribution in [0.1, 0.15) is 19.4 Å². The maximum Gasteiger partial charge on any atom is 0.387 e. The van der Waals surface area contributed by atoms with Crippen molar-refractivity contribution in [3.8, 4) is 5.75 Å². The Hall–Kier alpha value is -3.29. The quantitative estimate of drug-likeness (QED) is 0.706. The minimum atomic E-state index is -2.90. The van der Waals surface area contributed by atoms with Gasteiger partial charge >= 0.3 is 6.61 Å². The molecule has 8 heteroatoms. The number of amides is 1. The predicted molar refractivity (Wildman–Crippen MR) is 100 cm³/mol. The number of alkyl halides is 2. The first kappa shape index (κ1) is 19.5. The molecule has 28 heavy (non-hydrogen) atoms. The highest BCUT2D eigenvalue weighted by Gasteiger charge is 2.23. The van der Waals surface area contributed by atoms with E-state index in [1.165, 1.54) is 22.9 Å². The summed E-state index contributed by atoms with van der Waals surface area (Å²) in [6, 6.07) is 13.1. The number of aromatic nitrogens is 2. The lowest BCUT2D eigenvalue weighted by molar-refractivity contribution is -0.123. The molecule has 0 spiro atoms. The van der Waals surface area contributed by atoms with Crippen LogP contribution in [0.5, 0.6) is 5.75 Å². The largest absolute Gasteiger partial charge is 0.435 e. The van der Waals surface area contributed by atoms with Gasteiger partial charge in [0.25, 0.3) is 5.56 Å². The van der Waals surface area contributed by atoms with Crippen LogP contribution < -0.4 is 15.6 Å². The summed E-state index contributed by atoms with van der Waals surface area (Å²) in [5.74, 6) is -0.327. The van der Waals surface area contributed by atoms with Crippen molar-refractivity contribution >= 4 is 16.9 Å². The fourth-order valence-corrected chi connectivity index (χ4v) is 2.93. The van der Waals surface area contributed by atoms with Crippen molar-refractivity contribution in [2.24, 2.45) is 0 Å². The first-order valence-electron chi connectivity index (χ1n) is 8.57. The van der Waals surface area contributed by atoms with Crippen LogP contribution >= 0.6 is 0 Å². The summed E-state index contributed by atoms with van der Waals surface area (Å²) in [5, 5.41) is 2.87. The molecular weight excluding hydrogens is 368 g/mol. The molecule has 0 bridgehead atoms. The SMILES string of the molecule is CC(C)(NC(=O)Cn1c(=O)cnc2ccccc21)c1ccc(OC(F)F)cc1. The molecule has 0 aliphatic rings. The maximum atomic E-state index is 12.6. The van der Waals surface area contributed by atoms with Crippen molar-refractivity contribution in [3.05, 3.63) is 70.6 Å². The Balaban J connectivity index is 1.77. The Morgan fingerprint density at radius 3 is 2.54 bits per heavy atom. The Morgan fingerprint density at radius 1 is 1.18 bits per heavy atom. The van der Waals surface area contributed by atoms with Gasteiger partial charge in [-0.2, -0.15) is 8.78 Å². The number of hydrogen-bond donors (Lipinski definition) is 1. The van der Waals surface area contributed by atoms with Gasteiger partial charge < -0.3 is 10.1 Å². The zero-order valence-corrected chi connectivity index (χ0v) is 15.4. The lowest BCUT2D eigenvalue weighted by atomic mass is 9.94. The van der Waals surface area contributed by atoms with Crippen LogP contribution in [0.15, 0.2) is 59.5 Å². The molecule has 1 aromatic heterocycles. The van der Waals surface area contributed by atoms with Crippen molar-refractivity contribution in [1.29, 1.82) is 0 Å². The minimum absolute atomic E-state index is 0.0377. The minimum Gasteiger partial charge on any atom is -0.435 e. The molecule has 0 saturated heterocycles. The molecule has 1 heterocycles. The van der Waals surface area contributed by atoms with E-state index in [1.54, 1.807) is 50.2 Å². The number of fused-ring (bicyclic) bond motifs is 1. The number of hydrogen-bond acceptors (Lipinski definition) is 4. The number of rotatable bonds is 6. The molecule has 0 aliphatic heterocycles. The molecule has 3 rings (SSSR count). The molecule has 1 N–H and O–H groups in total. The summed E-state index contributed by atoms with van der Waals surface area (Å²) in [5.41, 5.74) is 0.724. The first-order valence-corrected chi connectivity index (χ1v) is 8.57. The molecule has 2 aromatic carbocycles. The van der Waals surface area contributed by atoms with E-state index in [4.69, 9.17) is 0 Å². The molecule has 146 valence electrons. The van der Waals surface area contributed by atoms with E-state index in [0.717, 1.165) is 0 Å². The summed E-state index contributed by atoms with van der Waals surface area (Å²) in [6.07, 6.45) is 1.18. The number of carbonyl (C=O) groups excluding carboxylic acids is 1. The smallest absolute Gasteiger partial charge is 0.387 e. The molecule has 0 unspecified atom stereocenters. The van der Waals surface area contributed by atoms with Gasteiger partial charge in [0.2, 0.25) is 5.91 Å². The predicted octanol–water partition coefficient (Wildman–Crippen LogP) is 3.05. The van der Waals surface area contributed by atoms with Crippen LogP contribution in [0.3, 0.4) is 0 Å². The van der Waals surface area contributed by atoms with Crippen molar-refractivity contribution in [2.45, 2.75) is 32.5 Å². The molecule has 0 aliphatic carbocycles. The van der Waals surface area contributed by atoms with E-state index in [-0.39, 0.29) is 23.8 Å². The lowest BCUT2D eigenvalue weighted by Gasteiger charge is -2.27. The number of benzene rings is 2. The van der Waals surface area contributed by atoms with Gasteiger partial charge in [-0.15, -0.1) is 0 Å². The van der Waals surface area contributed by atoms with Crippen LogP contribution in [0, 0.1) is 0 Å². The van der Waals surface area contributed by atoms with Gasteiger partial charge in [0.05, 0.1) is 22.8 Å². The molecule has 3 aromatic rings. The summed E-state index contributed by atoms with van der Waals surface area (Å²) < 4.78 is 30.2. The Kier molecular flexibility index (Phi) is 5.39. The Morgan fingerprint density at radius 2 is 1.86 bits per heavy atom. The van der Waals surface area contributed by atoms with E-state index in [2.05, 4.69) is 15.0 Å². The second kappa shape index (κ2) is 7.75. The van der Waals surface area contributed by atoms with Crippen molar-refractivity contribution in [1.82, 2.24) is 14.9 Å². The highest BCUT2D eigenvalue weighted by molar-refractivity contribution is 5.80. The fraction of sp³-hybridized carbons (Fsp3) is 0.250. The van der Waals surface area contributed by atoms with Crippen LogP contribution in [-0.4, -0.2) is 22.1 Å². The van der Waals surface area contributed by atoms with Gasteiger partial charge in [-0.1, -0.05) is 24.3 Å². The summed E-state index contributed by atoms with van der Waals surface area (Å²) in [7, 11) is 0. The van der Waals surface area contributed by atoms with Crippen LogP contribution in [0.4, 0.5) is 8.78 Å². The third kappa shape index (κ3) is 4.33. The van der Waals surface area contributed by atoms with Crippen LogP contribution in [-0.2, 0) is 16.9 Å². The monoisotopic (exact) mass is 387 g/mol. The lowest BCUT2D eigenvalue weighted by Crippen LogP contribution is -2.43. The highest BCUT2D eigenvalue weighted by atomic mass is 19.3. The second-order valence-corrected chi connectivity index (χ2v) is 6.75. The first-order chi connectivity index (χ1) is 13.3. The van der Waals surface area contributed by atoms with Gasteiger partial charge in [0, 0.05) is 0 Å². The van der Waals surface area contributed by atoms with Crippen LogP contribution in [0.2, 0.25) is 0 Å². The molecule has 6 nitrogen and oxygen atoms in total. The topological polar surface area (TPSA) is 73.2 Å². The van der Waals surface area contributed by atoms with Gasteiger partial charge in [0.1, 0.15) is 12.3 Å². The molecule has 1 amide bonds. The number of halogens is 2. The van der Waals surface area contributed by atoms with Crippen molar-refractivity contribution in [3.63, 3.8) is 0 Å². The zero-order valence-electron chi connectivity index (χ0n) is 15.4. The van der Waals surface area contributed by atoms with E-state index >= 15 is 0 Å². The molecule has 0 saturated carbocycles. The molecule has 0 radical (unpaired) electrons. The average Bonchev–Trinajstić information content (AvgIpc) is 2.63. The number of ether oxygens (including phenoxy) is 1. The highest BCUT2D eigenvalue weighted by Crippen LogP contribution is 2.23. The summed E-state index contributed by atoms with van der Waals surface area (Å²) >= 11 is 0.